The molecule has 0 spiro atoms. The molecule has 1 unspecified atom stereocenters. The Morgan fingerprint density at radius 3 is 2.89 bits per heavy atom. The van der Waals surface area contributed by atoms with Crippen molar-refractivity contribution in [2.45, 2.75) is 39.7 Å². The number of rotatable bonds is 5. The number of hydrogen-bond donors (Lipinski definition) is 1. The normalized spacial score (nSPS) is 12.4. The van der Waals surface area contributed by atoms with E-state index in [1.807, 2.05) is 13.0 Å². The van der Waals surface area contributed by atoms with E-state index in [1.165, 1.54) is 4.88 Å². The largest absolute Gasteiger partial charge is 0.367 e. The van der Waals surface area contributed by atoms with Crippen molar-refractivity contribution in [1.82, 2.24) is 9.97 Å². The number of aromatic nitrogens is 2. The van der Waals surface area contributed by atoms with Crippen LogP contribution in [0.1, 0.15) is 30.2 Å². The molecule has 0 aliphatic heterocycles. The highest BCUT2D eigenvalue weighted by atomic mass is 32.1. The van der Waals surface area contributed by atoms with E-state index in [2.05, 4.69) is 46.6 Å². The molecular formula is C14H19N3S. The van der Waals surface area contributed by atoms with Gasteiger partial charge >= 0.3 is 0 Å². The van der Waals surface area contributed by atoms with Gasteiger partial charge in [-0.25, -0.2) is 9.97 Å². The van der Waals surface area contributed by atoms with Crippen LogP contribution in [0, 0.1) is 6.92 Å². The molecular weight excluding hydrogens is 242 g/mol. The lowest BCUT2D eigenvalue weighted by atomic mass is 10.2. The van der Waals surface area contributed by atoms with Crippen LogP contribution < -0.4 is 5.32 Å². The monoisotopic (exact) mass is 261 g/mol. The number of aryl methyl sites for hydroxylation is 2. The molecule has 0 aliphatic rings. The van der Waals surface area contributed by atoms with E-state index in [1.54, 1.807) is 11.3 Å². The van der Waals surface area contributed by atoms with Crippen LogP contribution in [0.2, 0.25) is 0 Å². The third kappa shape index (κ3) is 3.53. The fourth-order valence-electron chi connectivity index (χ4n) is 1.92. The molecule has 0 radical (unpaired) electrons. The van der Waals surface area contributed by atoms with Gasteiger partial charge in [-0.1, -0.05) is 13.0 Å². The lowest BCUT2D eigenvalue weighted by molar-refractivity contribution is 0.789. The quantitative estimate of drug-likeness (QED) is 0.895. The highest BCUT2D eigenvalue weighted by Gasteiger charge is 2.07. The molecule has 0 saturated carbocycles. The fraction of sp³-hybridized carbons (Fsp3) is 0.429. The van der Waals surface area contributed by atoms with Gasteiger partial charge in [-0.15, -0.1) is 11.3 Å². The second kappa shape index (κ2) is 5.96. The molecule has 0 saturated heterocycles. The summed E-state index contributed by atoms with van der Waals surface area (Å²) < 4.78 is 0. The summed E-state index contributed by atoms with van der Waals surface area (Å²) in [4.78, 5) is 10.2. The molecule has 96 valence electrons. The van der Waals surface area contributed by atoms with E-state index >= 15 is 0 Å². The predicted octanol–water partition coefficient (Wildman–Crippen LogP) is 3.45. The van der Waals surface area contributed by atoms with Crippen LogP contribution in [0.5, 0.6) is 0 Å². The second-order valence-corrected chi connectivity index (χ2v) is 5.51. The number of hydrogen-bond acceptors (Lipinski definition) is 4. The van der Waals surface area contributed by atoms with Gasteiger partial charge in [-0.05, 0) is 31.7 Å². The second-order valence-electron chi connectivity index (χ2n) is 4.47. The van der Waals surface area contributed by atoms with Crippen molar-refractivity contribution in [3.63, 3.8) is 0 Å². The standard InChI is InChI=1S/C14H19N3S/c1-4-12-9-14(17-11(3)16-12)15-10(2)8-13-6-5-7-18-13/h5-7,9-10H,4,8H2,1-3H3,(H,15,16,17). The summed E-state index contributed by atoms with van der Waals surface area (Å²) in [6, 6.07) is 6.68. The van der Waals surface area contributed by atoms with Gasteiger partial charge < -0.3 is 5.32 Å². The van der Waals surface area contributed by atoms with Gasteiger partial charge in [0, 0.05) is 29.1 Å². The summed E-state index contributed by atoms with van der Waals surface area (Å²) in [7, 11) is 0. The van der Waals surface area contributed by atoms with Crippen LogP contribution in [-0.4, -0.2) is 16.0 Å². The average molecular weight is 261 g/mol. The number of anilines is 1. The fourth-order valence-corrected chi connectivity index (χ4v) is 2.75. The molecule has 2 aromatic heterocycles. The van der Waals surface area contributed by atoms with E-state index in [4.69, 9.17) is 0 Å². The van der Waals surface area contributed by atoms with Crippen molar-refractivity contribution in [3.05, 3.63) is 40.0 Å². The van der Waals surface area contributed by atoms with Gasteiger partial charge in [0.1, 0.15) is 11.6 Å². The van der Waals surface area contributed by atoms with Crippen LogP contribution in [0.4, 0.5) is 5.82 Å². The van der Waals surface area contributed by atoms with Crippen molar-refractivity contribution in [2.24, 2.45) is 0 Å². The highest BCUT2D eigenvalue weighted by Crippen LogP contribution is 2.14. The average Bonchev–Trinajstić information content (AvgIpc) is 2.80. The molecule has 0 amide bonds. The Bertz CT molecular complexity index is 494. The highest BCUT2D eigenvalue weighted by molar-refractivity contribution is 7.09. The molecule has 0 bridgehead atoms. The molecule has 0 fully saturated rings. The summed E-state index contributed by atoms with van der Waals surface area (Å²) in [5.74, 6) is 1.77. The summed E-state index contributed by atoms with van der Waals surface area (Å²) in [6.45, 7) is 6.23. The molecule has 2 rings (SSSR count). The van der Waals surface area contributed by atoms with Crippen LogP contribution in [0.15, 0.2) is 23.6 Å². The van der Waals surface area contributed by atoms with Gasteiger partial charge in [0.2, 0.25) is 0 Å². The minimum atomic E-state index is 0.377. The molecule has 1 N–H and O–H groups in total. The molecule has 0 aliphatic carbocycles. The van der Waals surface area contributed by atoms with Crippen molar-refractivity contribution in [3.8, 4) is 0 Å². The smallest absolute Gasteiger partial charge is 0.130 e. The SMILES string of the molecule is CCc1cc(NC(C)Cc2cccs2)nc(C)n1. The van der Waals surface area contributed by atoms with E-state index < -0.39 is 0 Å². The summed E-state index contributed by atoms with van der Waals surface area (Å²) in [5.41, 5.74) is 1.09. The third-order valence-electron chi connectivity index (χ3n) is 2.73. The van der Waals surface area contributed by atoms with Crippen molar-refractivity contribution < 1.29 is 0 Å². The van der Waals surface area contributed by atoms with E-state index in [-0.39, 0.29) is 0 Å². The maximum Gasteiger partial charge on any atom is 0.130 e. The Hall–Kier alpha value is -1.42. The van der Waals surface area contributed by atoms with Crippen LogP contribution in [-0.2, 0) is 12.8 Å². The first kappa shape index (κ1) is 13.0. The zero-order valence-electron chi connectivity index (χ0n) is 11.1. The lowest BCUT2D eigenvalue weighted by Gasteiger charge is -2.14. The topological polar surface area (TPSA) is 37.8 Å². The maximum absolute atomic E-state index is 4.43. The molecule has 4 heteroatoms. The minimum Gasteiger partial charge on any atom is -0.367 e. The first-order chi connectivity index (χ1) is 8.67. The molecule has 1 atom stereocenters. The minimum absolute atomic E-state index is 0.377. The first-order valence-electron chi connectivity index (χ1n) is 6.31. The number of nitrogens with zero attached hydrogens (tertiary/aromatic N) is 2. The van der Waals surface area contributed by atoms with Crippen molar-refractivity contribution in [1.29, 1.82) is 0 Å². The van der Waals surface area contributed by atoms with Crippen molar-refractivity contribution in [2.75, 3.05) is 5.32 Å². The molecule has 2 aromatic rings. The van der Waals surface area contributed by atoms with Crippen molar-refractivity contribution >= 4 is 17.2 Å². The van der Waals surface area contributed by atoms with E-state index in [0.717, 1.165) is 30.2 Å². The van der Waals surface area contributed by atoms with Crippen LogP contribution in [0.25, 0.3) is 0 Å². The van der Waals surface area contributed by atoms with Gasteiger partial charge in [0.15, 0.2) is 0 Å². The first-order valence-corrected chi connectivity index (χ1v) is 7.19. The van der Waals surface area contributed by atoms with Gasteiger partial charge in [-0.2, -0.15) is 0 Å². The van der Waals surface area contributed by atoms with Gasteiger partial charge in [-0.3, -0.25) is 0 Å². The molecule has 18 heavy (non-hydrogen) atoms. The summed E-state index contributed by atoms with van der Waals surface area (Å²) in [6.07, 6.45) is 1.97. The third-order valence-corrected chi connectivity index (χ3v) is 3.63. The molecule has 2 heterocycles. The zero-order valence-corrected chi connectivity index (χ0v) is 11.9. The predicted molar refractivity (Wildman–Crippen MR) is 77.3 cm³/mol. The van der Waals surface area contributed by atoms with Gasteiger partial charge in [0.05, 0.1) is 0 Å². The summed E-state index contributed by atoms with van der Waals surface area (Å²) >= 11 is 1.80. The lowest BCUT2D eigenvalue weighted by Crippen LogP contribution is -2.19. The Balaban J connectivity index is 2.02. The summed E-state index contributed by atoms with van der Waals surface area (Å²) in [5, 5.41) is 5.57. The van der Waals surface area contributed by atoms with Gasteiger partial charge in [0.25, 0.3) is 0 Å². The Labute approximate surface area is 112 Å². The number of nitrogens with one attached hydrogen (secondary N) is 1. The van der Waals surface area contributed by atoms with E-state index in [0.29, 0.717) is 6.04 Å². The van der Waals surface area contributed by atoms with Crippen LogP contribution >= 0.6 is 11.3 Å². The van der Waals surface area contributed by atoms with Crippen LogP contribution in [0.3, 0.4) is 0 Å². The molecule has 0 aromatic carbocycles. The zero-order chi connectivity index (χ0) is 13.0. The number of thiophene rings is 1. The Morgan fingerprint density at radius 2 is 2.22 bits per heavy atom. The Kier molecular flexibility index (Phi) is 4.31. The van der Waals surface area contributed by atoms with E-state index in [9.17, 15) is 0 Å². The molecule has 3 nitrogen and oxygen atoms in total. The maximum atomic E-state index is 4.43. The Morgan fingerprint density at radius 1 is 1.39 bits per heavy atom.